The zero-order chi connectivity index (χ0) is 17.4. The lowest BCUT2D eigenvalue weighted by molar-refractivity contribution is 0.624. The van der Waals surface area contributed by atoms with Gasteiger partial charge in [0.15, 0.2) is 0 Å². The van der Waals surface area contributed by atoms with Gasteiger partial charge in [-0.3, -0.25) is 0 Å². The quantitative estimate of drug-likeness (QED) is 0.547. The van der Waals surface area contributed by atoms with Gasteiger partial charge in [-0.25, -0.2) is 14.4 Å². The highest BCUT2D eigenvalue weighted by Gasteiger charge is 2.32. The van der Waals surface area contributed by atoms with E-state index >= 15 is 0 Å². The van der Waals surface area contributed by atoms with Crippen molar-refractivity contribution in [1.82, 2.24) is 4.98 Å². The first-order valence-corrected chi connectivity index (χ1v) is 9.58. The van der Waals surface area contributed by atoms with Crippen LogP contribution in [0.25, 0.3) is 0 Å². The van der Waals surface area contributed by atoms with Crippen LogP contribution in [-0.2, 0) is 0 Å². The Morgan fingerprint density at radius 1 is 1.16 bits per heavy atom. The maximum absolute atomic E-state index is 14.2. The molecule has 2 aromatic carbocycles. The fourth-order valence-electron chi connectivity index (χ4n) is 2.94. The highest BCUT2D eigenvalue weighted by Crippen LogP contribution is 2.38. The van der Waals surface area contributed by atoms with E-state index in [1.54, 1.807) is 23.5 Å². The Hall–Kier alpha value is -2.05. The minimum absolute atomic E-state index is 0.00764. The summed E-state index contributed by atoms with van der Waals surface area (Å²) in [5, 5.41) is 9.48. The maximum atomic E-state index is 14.2. The van der Waals surface area contributed by atoms with Gasteiger partial charge < -0.3 is 0 Å². The zero-order valence-corrected chi connectivity index (χ0v) is 15.9. The lowest BCUT2D eigenvalue weighted by atomic mass is 9.98. The first-order valence-electron chi connectivity index (χ1n) is 7.91. The van der Waals surface area contributed by atoms with Gasteiger partial charge in [-0.2, -0.15) is 5.10 Å². The van der Waals surface area contributed by atoms with E-state index in [9.17, 15) is 4.39 Å². The molecule has 0 spiro atoms. The number of anilines is 1. The summed E-state index contributed by atoms with van der Waals surface area (Å²) in [6.07, 6.45) is 0.640. The molecule has 0 fully saturated rings. The van der Waals surface area contributed by atoms with Gasteiger partial charge in [0.05, 0.1) is 17.4 Å². The summed E-state index contributed by atoms with van der Waals surface area (Å²) < 4.78 is 15.3. The van der Waals surface area contributed by atoms with Gasteiger partial charge in [0.25, 0.3) is 0 Å². The van der Waals surface area contributed by atoms with E-state index in [-0.39, 0.29) is 11.9 Å². The van der Waals surface area contributed by atoms with Crippen molar-refractivity contribution in [1.29, 1.82) is 0 Å². The number of aromatic nitrogens is 1. The number of halogens is 2. The van der Waals surface area contributed by atoms with E-state index in [4.69, 9.17) is 5.10 Å². The number of aryl methyl sites for hydroxylation is 1. The molecule has 2 heterocycles. The van der Waals surface area contributed by atoms with Crippen molar-refractivity contribution in [3.05, 3.63) is 81.0 Å². The first-order chi connectivity index (χ1) is 12.1. The monoisotopic (exact) mass is 415 g/mol. The zero-order valence-electron chi connectivity index (χ0n) is 13.5. The van der Waals surface area contributed by atoms with E-state index in [0.29, 0.717) is 12.0 Å². The Kier molecular flexibility index (Phi) is 4.39. The molecule has 1 aliphatic heterocycles. The van der Waals surface area contributed by atoms with Crippen LogP contribution in [-0.4, -0.2) is 10.7 Å². The molecule has 3 aromatic rings. The summed E-state index contributed by atoms with van der Waals surface area (Å²) in [5.41, 5.74) is 3.40. The third-order valence-corrected chi connectivity index (χ3v) is 5.63. The third kappa shape index (κ3) is 3.24. The van der Waals surface area contributed by atoms with Crippen molar-refractivity contribution in [2.75, 3.05) is 5.01 Å². The average Bonchev–Trinajstić information content (AvgIpc) is 3.22. The van der Waals surface area contributed by atoms with Crippen LogP contribution in [0.5, 0.6) is 0 Å². The molecule has 0 bridgehead atoms. The summed E-state index contributed by atoms with van der Waals surface area (Å²) >= 11 is 5.03. The standard InChI is InChI=1S/C19H15BrFN3S/c1-12-11-25-19(22-12)24-18(13-6-8-14(20)9-7-13)10-17(23-24)15-4-2-3-5-16(15)21/h2-9,11,18H,10H2,1H3. The SMILES string of the molecule is Cc1csc(N2N=C(c3ccccc3F)CC2c2ccc(Br)cc2)n1. The average molecular weight is 416 g/mol. The molecule has 0 N–H and O–H groups in total. The fraction of sp³-hybridized carbons (Fsp3) is 0.158. The molecular weight excluding hydrogens is 401 g/mol. The molecule has 4 rings (SSSR count). The second-order valence-electron chi connectivity index (χ2n) is 5.91. The number of rotatable bonds is 3. The third-order valence-electron chi connectivity index (χ3n) is 4.15. The Morgan fingerprint density at radius 3 is 2.60 bits per heavy atom. The van der Waals surface area contributed by atoms with Crippen molar-refractivity contribution >= 4 is 38.1 Å². The summed E-state index contributed by atoms with van der Waals surface area (Å²) in [5.74, 6) is -0.243. The van der Waals surface area contributed by atoms with Gasteiger partial charge in [0.1, 0.15) is 5.82 Å². The molecule has 0 saturated carbocycles. The van der Waals surface area contributed by atoms with Crippen LogP contribution in [0.15, 0.2) is 63.5 Å². The van der Waals surface area contributed by atoms with E-state index in [1.165, 1.54) is 6.07 Å². The molecule has 1 aromatic heterocycles. The molecule has 1 atom stereocenters. The second kappa shape index (κ2) is 6.69. The molecule has 126 valence electrons. The van der Waals surface area contributed by atoms with Crippen molar-refractivity contribution in [2.24, 2.45) is 5.10 Å². The van der Waals surface area contributed by atoms with Gasteiger partial charge in [-0.15, -0.1) is 11.3 Å². The summed E-state index contributed by atoms with van der Waals surface area (Å²) in [4.78, 5) is 4.57. The molecule has 0 amide bonds. The highest BCUT2D eigenvalue weighted by atomic mass is 79.9. The topological polar surface area (TPSA) is 28.5 Å². The molecule has 3 nitrogen and oxygen atoms in total. The molecule has 25 heavy (non-hydrogen) atoms. The highest BCUT2D eigenvalue weighted by molar-refractivity contribution is 9.10. The van der Waals surface area contributed by atoms with Crippen LogP contribution in [0.1, 0.15) is 29.3 Å². The lowest BCUT2D eigenvalue weighted by Crippen LogP contribution is -2.18. The Balaban J connectivity index is 1.76. The normalized spacial score (nSPS) is 17.0. The van der Waals surface area contributed by atoms with E-state index < -0.39 is 0 Å². The fourth-order valence-corrected chi connectivity index (χ4v) is 4.00. The summed E-state index contributed by atoms with van der Waals surface area (Å²) in [6, 6.07) is 15.0. The Labute approximate surface area is 158 Å². The van der Waals surface area contributed by atoms with Crippen molar-refractivity contribution in [3.8, 4) is 0 Å². The van der Waals surface area contributed by atoms with Crippen LogP contribution in [0.2, 0.25) is 0 Å². The number of benzene rings is 2. The summed E-state index contributed by atoms with van der Waals surface area (Å²) in [6.45, 7) is 1.96. The lowest BCUT2D eigenvalue weighted by Gasteiger charge is -2.21. The molecule has 6 heteroatoms. The largest absolute Gasteiger partial charge is 0.231 e. The van der Waals surface area contributed by atoms with Gasteiger partial charge in [0.2, 0.25) is 5.13 Å². The van der Waals surface area contributed by atoms with Crippen LogP contribution in [0.4, 0.5) is 9.52 Å². The predicted octanol–water partition coefficient (Wildman–Crippen LogP) is 5.71. The van der Waals surface area contributed by atoms with Gasteiger partial charge >= 0.3 is 0 Å². The number of hydrogen-bond acceptors (Lipinski definition) is 4. The Bertz CT molecular complexity index is 936. The van der Waals surface area contributed by atoms with E-state index in [2.05, 4.69) is 33.0 Å². The number of thiazole rings is 1. The number of nitrogens with zero attached hydrogens (tertiary/aromatic N) is 3. The van der Waals surface area contributed by atoms with Gasteiger partial charge in [0, 0.05) is 21.8 Å². The van der Waals surface area contributed by atoms with Crippen LogP contribution in [0.3, 0.4) is 0 Å². The molecule has 0 aliphatic carbocycles. The molecule has 0 saturated heterocycles. The van der Waals surface area contributed by atoms with Crippen LogP contribution in [0, 0.1) is 12.7 Å². The van der Waals surface area contributed by atoms with Crippen molar-refractivity contribution in [2.45, 2.75) is 19.4 Å². The molecule has 1 unspecified atom stereocenters. The van der Waals surface area contributed by atoms with Gasteiger partial charge in [-0.05, 0) is 30.7 Å². The van der Waals surface area contributed by atoms with Crippen molar-refractivity contribution < 1.29 is 4.39 Å². The maximum Gasteiger partial charge on any atom is 0.206 e. The van der Waals surface area contributed by atoms with Crippen molar-refractivity contribution in [3.63, 3.8) is 0 Å². The molecule has 1 aliphatic rings. The minimum atomic E-state index is -0.243. The Morgan fingerprint density at radius 2 is 1.92 bits per heavy atom. The molecule has 0 radical (unpaired) electrons. The molecular formula is C19H15BrFN3S. The smallest absolute Gasteiger partial charge is 0.206 e. The predicted molar refractivity (Wildman–Crippen MR) is 104 cm³/mol. The van der Waals surface area contributed by atoms with E-state index in [1.807, 2.05) is 35.5 Å². The number of hydrogen-bond donors (Lipinski definition) is 0. The number of hydrazone groups is 1. The van der Waals surface area contributed by atoms with Crippen LogP contribution < -0.4 is 5.01 Å². The summed E-state index contributed by atoms with van der Waals surface area (Å²) in [7, 11) is 0. The minimum Gasteiger partial charge on any atom is -0.231 e. The van der Waals surface area contributed by atoms with Crippen LogP contribution >= 0.6 is 27.3 Å². The van der Waals surface area contributed by atoms with Gasteiger partial charge in [-0.1, -0.05) is 46.3 Å². The van der Waals surface area contributed by atoms with E-state index in [0.717, 1.165) is 26.6 Å². The second-order valence-corrected chi connectivity index (χ2v) is 7.67. The first kappa shape index (κ1) is 16.4.